The summed E-state index contributed by atoms with van der Waals surface area (Å²) in [6.45, 7) is 0.458. The summed E-state index contributed by atoms with van der Waals surface area (Å²) in [7, 11) is 0. The first-order chi connectivity index (χ1) is 10.9. The van der Waals surface area contributed by atoms with Gasteiger partial charge in [-0.15, -0.1) is 0 Å². The van der Waals surface area contributed by atoms with Crippen LogP contribution in [0.4, 0.5) is 0 Å². The molecule has 0 fully saturated rings. The minimum absolute atomic E-state index is 0.212. The predicted molar refractivity (Wildman–Crippen MR) is 77.2 cm³/mol. The maximum absolute atomic E-state index is 5.61. The third kappa shape index (κ3) is 1.54. The summed E-state index contributed by atoms with van der Waals surface area (Å²) in [4.78, 5) is 8.75. The van der Waals surface area contributed by atoms with Crippen LogP contribution in [-0.4, -0.2) is 23.6 Å². The van der Waals surface area contributed by atoms with Crippen LogP contribution < -0.4 is 18.9 Å². The number of rotatable bonds is 1. The van der Waals surface area contributed by atoms with Gasteiger partial charge in [0.25, 0.3) is 0 Å². The van der Waals surface area contributed by atoms with Crippen LogP contribution in [0.2, 0.25) is 0 Å². The molecule has 3 aromatic rings. The van der Waals surface area contributed by atoms with Crippen LogP contribution in [0.25, 0.3) is 22.2 Å². The summed E-state index contributed by atoms with van der Waals surface area (Å²) in [5, 5.41) is 0.844. The number of hydrogen-bond acceptors (Lipinski definition) is 6. The van der Waals surface area contributed by atoms with Gasteiger partial charge in [0, 0.05) is 5.56 Å². The second-order valence-electron chi connectivity index (χ2n) is 4.98. The fourth-order valence-corrected chi connectivity index (χ4v) is 2.77. The molecule has 0 amide bonds. The van der Waals surface area contributed by atoms with Crippen molar-refractivity contribution in [3.8, 4) is 34.3 Å². The van der Waals surface area contributed by atoms with Crippen molar-refractivity contribution in [1.82, 2.24) is 9.97 Å². The third-order valence-electron chi connectivity index (χ3n) is 3.78. The highest BCUT2D eigenvalue weighted by Crippen LogP contribution is 2.43. The molecule has 0 aliphatic carbocycles. The minimum atomic E-state index is 0.212. The van der Waals surface area contributed by atoms with Crippen LogP contribution in [0.3, 0.4) is 0 Å². The van der Waals surface area contributed by atoms with Crippen LogP contribution in [0.5, 0.6) is 23.0 Å². The Kier molecular flexibility index (Phi) is 2.24. The molecule has 0 unspecified atom stereocenters. The number of benzene rings is 2. The molecule has 0 N–H and O–H groups in total. The molecule has 0 bridgehead atoms. The normalized spacial score (nSPS) is 14.5. The molecule has 5 rings (SSSR count). The zero-order chi connectivity index (χ0) is 14.5. The van der Waals surface area contributed by atoms with Crippen molar-refractivity contribution in [3.63, 3.8) is 0 Å². The summed E-state index contributed by atoms with van der Waals surface area (Å²) < 4.78 is 21.9. The Morgan fingerprint density at radius 1 is 0.773 bits per heavy atom. The number of nitrogens with zero attached hydrogens (tertiary/aromatic N) is 2. The average molecular weight is 294 g/mol. The molecule has 0 radical (unpaired) electrons. The Bertz CT molecular complexity index is 910. The molecule has 6 heteroatoms. The van der Waals surface area contributed by atoms with Gasteiger partial charge in [-0.1, -0.05) is 0 Å². The molecule has 2 aromatic carbocycles. The fraction of sp³-hybridized carbons (Fsp3) is 0.125. The van der Waals surface area contributed by atoms with Crippen LogP contribution in [-0.2, 0) is 0 Å². The van der Waals surface area contributed by atoms with E-state index in [1.54, 1.807) is 6.33 Å². The Balaban J connectivity index is 1.79. The van der Waals surface area contributed by atoms with E-state index in [1.165, 1.54) is 0 Å². The van der Waals surface area contributed by atoms with E-state index in [4.69, 9.17) is 18.9 Å². The lowest BCUT2D eigenvalue weighted by atomic mass is 10.0. The topological polar surface area (TPSA) is 62.7 Å². The molecule has 3 heterocycles. The molecule has 6 nitrogen and oxygen atoms in total. The van der Waals surface area contributed by atoms with Crippen LogP contribution >= 0.6 is 0 Å². The van der Waals surface area contributed by atoms with Gasteiger partial charge in [0.1, 0.15) is 6.33 Å². The van der Waals surface area contributed by atoms with E-state index >= 15 is 0 Å². The Morgan fingerprint density at radius 2 is 1.59 bits per heavy atom. The molecule has 0 saturated heterocycles. The molecule has 0 spiro atoms. The highest BCUT2D eigenvalue weighted by atomic mass is 16.7. The molecule has 0 saturated carbocycles. The summed E-state index contributed by atoms with van der Waals surface area (Å²) in [5.74, 6) is 2.86. The Hall–Kier alpha value is -3.02. The van der Waals surface area contributed by atoms with Gasteiger partial charge < -0.3 is 18.9 Å². The maximum atomic E-state index is 5.61. The van der Waals surface area contributed by atoms with Crippen molar-refractivity contribution in [2.24, 2.45) is 0 Å². The lowest BCUT2D eigenvalue weighted by Crippen LogP contribution is -1.94. The van der Waals surface area contributed by atoms with E-state index in [9.17, 15) is 0 Å². The zero-order valence-electron chi connectivity index (χ0n) is 11.4. The van der Waals surface area contributed by atoms with E-state index in [0.29, 0.717) is 17.2 Å². The number of fused-ring (bicyclic) bond motifs is 4. The fourth-order valence-electron chi connectivity index (χ4n) is 2.77. The van der Waals surface area contributed by atoms with Crippen molar-refractivity contribution < 1.29 is 18.9 Å². The largest absolute Gasteiger partial charge is 0.454 e. The lowest BCUT2D eigenvalue weighted by Gasteiger charge is -2.08. The zero-order valence-corrected chi connectivity index (χ0v) is 11.4. The highest BCUT2D eigenvalue weighted by Gasteiger charge is 2.22. The van der Waals surface area contributed by atoms with Gasteiger partial charge in [-0.05, 0) is 30.3 Å². The van der Waals surface area contributed by atoms with E-state index in [-0.39, 0.29) is 13.6 Å². The van der Waals surface area contributed by atoms with Gasteiger partial charge in [0.05, 0.1) is 16.6 Å². The number of aromatic nitrogens is 2. The molecule has 2 aliphatic rings. The number of hydrogen-bond donors (Lipinski definition) is 0. The van der Waals surface area contributed by atoms with Crippen molar-refractivity contribution >= 4 is 10.9 Å². The highest BCUT2D eigenvalue weighted by molar-refractivity contribution is 5.99. The standard InChI is InChI=1S/C16H10N2O4/c1-3-11-13(21-7-19-11)5-9(1)15-14-10(17-6-18-15)2-4-12-16(14)22-8-20-12/h1-6H,7-8H2. The van der Waals surface area contributed by atoms with E-state index in [1.807, 2.05) is 30.3 Å². The maximum Gasteiger partial charge on any atom is 0.231 e. The Morgan fingerprint density at radius 3 is 2.59 bits per heavy atom. The van der Waals surface area contributed by atoms with Gasteiger partial charge in [0.15, 0.2) is 23.0 Å². The van der Waals surface area contributed by atoms with Crippen molar-refractivity contribution in [1.29, 1.82) is 0 Å². The van der Waals surface area contributed by atoms with Crippen molar-refractivity contribution in [3.05, 3.63) is 36.7 Å². The lowest BCUT2D eigenvalue weighted by molar-refractivity contribution is 0.174. The first-order valence-corrected chi connectivity index (χ1v) is 6.83. The monoisotopic (exact) mass is 294 g/mol. The molecular formula is C16H10N2O4. The van der Waals surface area contributed by atoms with Crippen molar-refractivity contribution in [2.45, 2.75) is 0 Å². The number of ether oxygens (including phenoxy) is 4. The molecule has 22 heavy (non-hydrogen) atoms. The quantitative estimate of drug-likeness (QED) is 0.687. The van der Waals surface area contributed by atoms with Gasteiger partial charge >= 0.3 is 0 Å². The van der Waals surface area contributed by atoms with E-state index in [0.717, 1.165) is 27.9 Å². The van der Waals surface area contributed by atoms with Gasteiger partial charge in [-0.25, -0.2) is 9.97 Å². The Labute approximate surface area is 125 Å². The van der Waals surface area contributed by atoms with Crippen LogP contribution in [0.15, 0.2) is 36.7 Å². The molecule has 108 valence electrons. The minimum Gasteiger partial charge on any atom is -0.454 e. The van der Waals surface area contributed by atoms with E-state index in [2.05, 4.69) is 9.97 Å². The second-order valence-corrected chi connectivity index (χ2v) is 4.98. The molecule has 1 aromatic heterocycles. The van der Waals surface area contributed by atoms with Gasteiger partial charge in [-0.3, -0.25) is 0 Å². The second kappa shape index (κ2) is 4.24. The first-order valence-electron chi connectivity index (χ1n) is 6.83. The van der Waals surface area contributed by atoms with E-state index < -0.39 is 0 Å². The van der Waals surface area contributed by atoms with Crippen LogP contribution in [0, 0.1) is 0 Å². The van der Waals surface area contributed by atoms with Crippen LogP contribution in [0.1, 0.15) is 0 Å². The first kappa shape index (κ1) is 11.6. The SMILES string of the molecule is c1nc(-c2ccc3c(c2)OCO3)c2c3c(ccc2n1)OCO3. The van der Waals surface area contributed by atoms with Gasteiger partial charge in [0.2, 0.25) is 13.6 Å². The van der Waals surface area contributed by atoms with Crippen molar-refractivity contribution in [2.75, 3.05) is 13.6 Å². The summed E-state index contributed by atoms with van der Waals surface area (Å²) >= 11 is 0. The average Bonchev–Trinajstić information content (AvgIpc) is 3.22. The molecule has 0 atom stereocenters. The molecule has 2 aliphatic heterocycles. The van der Waals surface area contributed by atoms with Gasteiger partial charge in [-0.2, -0.15) is 0 Å². The summed E-state index contributed by atoms with van der Waals surface area (Å²) in [6.07, 6.45) is 1.55. The summed E-state index contributed by atoms with van der Waals surface area (Å²) in [6, 6.07) is 9.51. The molecular weight excluding hydrogens is 284 g/mol. The third-order valence-corrected chi connectivity index (χ3v) is 3.78. The predicted octanol–water partition coefficient (Wildman–Crippen LogP) is 2.75. The smallest absolute Gasteiger partial charge is 0.231 e. The summed E-state index contributed by atoms with van der Waals surface area (Å²) in [5.41, 5.74) is 2.51.